The van der Waals surface area contributed by atoms with Crippen molar-refractivity contribution >= 4 is 12.3 Å². The van der Waals surface area contributed by atoms with Crippen LogP contribution in [0.4, 0.5) is 0 Å². The third-order valence-electron chi connectivity index (χ3n) is 2.12. The third kappa shape index (κ3) is 1.12. The molecule has 0 unspecified atom stereocenters. The topological polar surface area (TPSA) is 53.8 Å². The molecule has 0 aliphatic carbocycles. The van der Waals surface area contributed by atoms with E-state index in [1.54, 1.807) is 0 Å². The Bertz CT molecular complexity index is 375. The summed E-state index contributed by atoms with van der Waals surface area (Å²) in [5.41, 5.74) is 6.80. The second kappa shape index (κ2) is 3.03. The Morgan fingerprint density at radius 1 is 1.50 bits per heavy atom. The van der Waals surface area contributed by atoms with Gasteiger partial charge >= 0.3 is 0 Å². The lowest BCUT2D eigenvalue weighted by molar-refractivity contribution is 0.958. The Morgan fingerprint density at radius 2 is 2.42 bits per heavy atom. The van der Waals surface area contributed by atoms with Crippen LogP contribution in [0, 0.1) is 0 Å². The zero-order valence-corrected chi connectivity index (χ0v) is 6.93. The van der Waals surface area contributed by atoms with Crippen LogP contribution in [-0.4, -0.2) is 18.1 Å². The summed E-state index contributed by atoms with van der Waals surface area (Å²) < 4.78 is 0. The highest BCUT2D eigenvalue weighted by Gasteiger charge is 1.99. The van der Waals surface area contributed by atoms with Crippen LogP contribution in [0.1, 0.15) is 5.56 Å². The predicted octanol–water partition coefficient (Wildman–Crippen LogP) is -1.36. The van der Waals surface area contributed by atoms with Gasteiger partial charge in [-0.2, -0.15) is 0 Å². The molecule has 0 aromatic carbocycles. The Labute approximate surface area is 71.0 Å². The van der Waals surface area contributed by atoms with Crippen LogP contribution in [0.15, 0.2) is 6.20 Å². The molecular formula is C9H13N3. The minimum atomic E-state index is 0.706. The number of aromatic nitrogens is 1. The monoisotopic (exact) mass is 163 g/mol. The van der Waals surface area contributed by atoms with E-state index in [2.05, 4.69) is 22.6 Å². The molecule has 0 spiro atoms. The average molecular weight is 163 g/mol. The number of fused-ring (bicyclic) bond motifs is 1. The molecule has 2 heterocycles. The Morgan fingerprint density at radius 3 is 3.25 bits per heavy atom. The van der Waals surface area contributed by atoms with Gasteiger partial charge < -0.3 is 16.0 Å². The normalized spacial score (nSPS) is 14.1. The number of nitrogens with two attached hydrogens (primary N) is 1. The summed E-state index contributed by atoms with van der Waals surface area (Å²) in [7, 11) is 0. The maximum Gasteiger partial charge on any atom is 0.0448 e. The lowest BCUT2D eigenvalue weighted by Gasteiger charge is -1.99. The van der Waals surface area contributed by atoms with Gasteiger partial charge in [0.15, 0.2) is 0 Å². The van der Waals surface area contributed by atoms with Crippen LogP contribution in [0.2, 0.25) is 0 Å². The molecule has 3 heteroatoms. The van der Waals surface area contributed by atoms with Crippen LogP contribution in [-0.2, 0) is 6.42 Å². The van der Waals surface area contributed by atoms with Gasteiger partial charge in [-0.25, -0.2) is 0 Å². The standard InChI is InChI=1S/C9H13N3/c10-3-1-7-5-12-9-2-4-11-6-8(7)9/h2,5-6,11-12H,1,3-4,10H2. The average Bonchev–Trinajstić information content (AvgIpc) is 2.50. The first-order chi connectivity index (χ1) is 5.92. The number of rotatable bonds is 2. The van der Waals surface area contributed by atoms with Gasteiger partial charge in [0.1, 0.15) is 0 Å². The van der Waals surface area contributed by atoms with E-state index in [1.807, 2.05) is 6.20 Å². The van der Waals surface area contributed by atoms with Crippen molar-refractivity contribution in [2.24, 2.45) is 5.73 Å². The van der Waals surface area contributed by atoms with E-state index >= 15 is 0 Å². The fourth-order valence-corrected chi connectivity index (χ4v) is 1.52. The van der Waals surface area contributed by atoms with E-state index in [0.717, 1.165) is 13.0 Å². The summed E-state index contributed by atoms with van der Waals surface area (Å²) >= 11 is 0. The van der Waals surface area contributed by atoms with Gasteiger partial charge in [0.2, 0.25) is 0 Å². The summed E-state index contributed by atoms with van der Waals surface area (Å²) in [4.78, 5) is 3.23. The van der Waals surface area contributed by atoms with E-state index in [4.69, 9.17) is 5.73 Å². The second-order valence-corrected chi connectivity index (χ2v) is 2.94. The van der Waals surface area contributed by atoms with Crippen LogP contribution in [0.25, 0.3) is 12.3 Å². The Kier molecular flexibility index (Phi) is 1.87. The minimum Gasteiger partial charge on any atom is -0.387 e. The van der Waals surface area contributed by atoms with Crippen molar-refractivity contribution in [3.8, 4) is 0 Å². The van der Waals surface area contributed by atoms with Crippen LogP contribution < -0.4 is 21.6 Å². The van der Waals surface area contributed by atoms with Crippen molar-refractivity contribution in [3.63, 3.8) is 0 Å². The van der Waals surface area contributed by atoms with Gasteiger partial charge in [-0.05, 0) is 24.6 Å². The van der Waals surface area contributed by atoms with Gasteiger partial charge in [-0.15, -0.1) is 0 Å². The molecule has 0 saturated heterocycles. The summed E-state index contributed by atoms with van der Waals surface area (Å²) in [6.45, 7) is 1.62. The van der Waals surface area contributed by atoms with Crippen molar-refractivity contribution in [2.45, 2.75) is 6.42 Å². The van der Waals surface area contributed by atoms with Crippen LogP contribution in [0.5, 0.6) is 0 Å². The molecule has 4 N–H and O–H groups in total. The first kappa shape index (κ1) is 7.43. The smallest absolute Gasteiger partial charge is 0.0448 e. The molecule has 12 heavy (non-hydrogen) atoms. The molecule has 0 radical (unpaired) electrons. The SMILES string of the molecule is NCCc1c[nH]c2c1=CNCC=2. The zero-order chi connectivity index (χ0) is 8.39. The van der Waals surface area contributed by atoms with Crippen molar-refractivity contribution in [1.82, 2.24) is 10.3 Å². The molecular weight excluding hydrogens is 150 g/mol. The predicted molar refractivity (Wildman–Crippen MR) is 49.7 cm³/mol. The minimum absolute atomic E-state index is 0.706. The van der Waals surface area contributed by atoms with Gasteiger partial charge in [0.25, 0.3) is 0 Å². The third-order valence-corrected chi connectivity index (χ3v) is 2.12. The second-order valence-electron chi connectivity index (χ2n) is 2.94. The highest BCUT2D eigenvalue weighted by Crippen LogP contribution is 1.87. The first-order valence-corrected chi connectivity index (χ1v) is 4.22. The largest absolute Gasteiger partial charge is 0.387 e. The van der Waals surface area contributed by atoms with E-state index in [1.165, 1.54) is 16.1 Å². The molecule has 2 rings (SSSR count). The highest BCUT2D eigenvalue weighted by molar-refractivity contribution is 5.38. The van der Waals surface area contributed by atoms with E-state index < -0.39 is 0 Å². The van der Waals surface area contributed by atoms with Crippen LogP contribution in [0.3, 0.4) is 0 Å². The molecule has 64 valence electrons. The Hall–Kier alpha value is -1.22. The molecule has 1 aliphatic rings. The van der Waals surface area contributed by atoms with Gasteiger partial charge in [-0.1, -0.05) is 0 Å². The molecule has 1 aromatic heterocycles. The quantitative estimate of drug-likeness (QED) is 0.504. The molecule has 0 amide bonds. The first-order valence-electron chi connectivity index (χ1n) is 4.22. The fraction of sp³-hybridized carbons (Fsp3) is 0.333. The number of nitrogens with one attached hydrogen (secondary N) is 2. The maximum absolute atomic E-state index is 5.49. The number of H-pyrrole nitrogens is 1. The van der Waals surface area contributed by atoms with Gasteiger partial charge in [0.05, 0.1) is 0 Å². The molecule has 0 bridgehead atoms. The summed E-state index contributed by atoms with van der Waals surface area (Å²) in [6.07, 6.45) is 7.18. The zero-order valence-electron chi connectivity index (χ0n) is 6.93. The van der Waals surface area contributed by atoms with Gasteiger partial charge in [0, 0.05) is 29.5 Å². The summed E-state index contributed by atoms with van der Waals surface area (Å²) in [5, 5.41) is 5.67. The van der Waals surface area contributed by atoms with Crippen molar-refractivity contribution < 1.29 is 0 Å². The number of hydrogen-bond acceptors (Lipinski definition) is 2. The van der Waals surface area contributed by atoms with Crippen molar-refractivity contribution in [3.05, 3.63) is 22.3 Å². The van der Waals surface area contributed by atoms with Crippen LogP contribution >= 0.6 is 0 Å². The molecule has 0 atom stereocenters. The molecule has 3 nitrogen and oxygen atoms in total. The molecule has 1 aliphatic heterocycles. The number of hydrogen-bond donors (Lipinski definition) is 3. The Balaban J connectivity index is 2.53. The molecule has 0 fully saturated rings. The summed E-state index contributed by atoms with van der Waals surface area (Å²) in [5.74, 6) is 0. The summed E-state index contributed by atoms with van der Waals surface area (Å²) in [6, 6.07) is 0. The van der Waals surface area contributed by atoms with E-state index in [-0.39, 0.29) is 0 Å². The lowest BCUT2D eigenvalue weighted by Crippen LogP contribution is -2.33. The maximum atomic E-state index is 5.49. The molecule has 1 aromatic rings. The lowest BCUT2D eigenvalue weighted by atomic mass is 10.2. The van der Waals surface area contributed by atoms with Crippen molar-refractivity contribution in [2.75, 3.05) is 13.1 Å². The van der Waals surface area contributed by atoms with E-state index in [9.17, 15) is 0 Å². The van der Waals surface area contributed by atoms with Crippen molar-refractivity contribution in [1.29, 1.82) is 0 Å². The number of aromatic amines is 1. The van der Waals surface area contributed by atoms with Gasteiger partial charge in [-0.3, -0.25) is 0 Å². The van der Waals surface area contributed by atoms with E-state index in [0.29, 0.717) is 6.54 Å². The molecule has 0 saturated carbocycles. The highest BCUT2D eigenvalue weighted by atomic mass is 14.8. The fourth-order valence-electron chi connectivity index (χ4n) is 1.52.